The Morgan fingerprint density at radius 3 is 2.60 bits per heavy atom. The summed E-state index contributed by atoms with van der Waals surface area (Å²) in [5.74, 6) is -0.0210. The van der Waals surface area contributed by atoms with E-state index in [2.05, 4.69) is 18.8 Å². The summed E-state index contributed by atoms with van der Waals surface area (Å²) in [4.78, 5) is 4.36. The molecule has 0 saturated carbocycles. The van der Waals surface area contributed by atoms with Crippen molar-refractivity contribution >= 4 is 0 Å². The molecule has 0 fully saturated rings. The highest BCUT2D eigenvalue weighted by Crippen LogP contribution is 2.24. The van der Waals surface area contributed by atoms with Crippen molar-refractivity contribution in [3.05, 3.63) is 47.9 Å². The zero-order valence-electron chi connectivity index (χ0n) is 12.0. The smallest absolute Gasteiger partial charge is 0.165 e. The Hall–Kier alpha value is -1.90. The average Bonchev–Trinajstić information content (AvgIpc) is 2.49. The third-order valence-electron chi connectivity index (χ3n) is 3.22. The number of hydrogen-bond donors (Lipinski definition) is 0. The highest BCUT2D eigenvalue weighted by atomic mass is 19.1. The Bertz CT molecular complexity index is 551. The molecule has 0 amide bonds. The molecule has 2 nitrogen and oxygen atoms in total. The summed E-state index contributed by atoms with van der Waals surface area (Å²) in [5.41, 5.74) is 2.72. The number of aryl methyl sites for hydroxylation is 1. The molecule has 0 spiro atoms. The van der Waals surface area contributed by atoms with Gasteiger partial charge >= 0.3 is 0 Å². The summed E-state index contributed by atoms with van der Waals surface area (Å²) in [6.07, 6.45) is 4.75. The van der Waals surface area contributed by atoms with Crippen molar-refractivity contribution in [1.82, 2.24) is 4.98 Å². The molecule has 0 aliphatic heterocycles. The normalized spacial score (nSPS) is 10.6. The summed E-state index contributed by atoms with van der Waals surface area (Å²) in [6.45, 7) is 4.71. The predicted molar refractivity (Wildman–Crippen MR) is 79.4 cm³/mol. The van der Waals surface area contributed by atoms with Crippen LogP contribution in [0.15, 0.2) is 36.5 Å². The molecule has 2 aromatic rings. The molecule has 0 saturated heterocycles. The second kappa shape index (κ2) is 7.04. The molecule has 0 aliphatic carbocycles. The van der Waals surface area contributed by atoms with E-state index in [1.165, 1.54) is 11.6 Å². The Labute approximate surface area is 119 Å². The van der Waals surface area contributed by atoms with Gasteiger partial charge < -0.3 is 4.74 Å². The number of aromatic nitrogens is 1. The van der Waals surface area contributed by atoms with Gasteiger partial charge in [-0.05, 0) is 42.7 Å². The van der Waals surface area contributed by atoms with E-state index in [1.807, 2.05) is 24.4 Å². The fourth-order valence-corrected chi connectivity index (χ4v) is 1.91. The van der Waals surface area contributed by atoms with Crippen LogP contribution < -0.4 is 4.74 Å². The zero-order chi connectivity index (χ0) is 14.4. The maximum absolute atomic E-state index is 14.0. The quantitative estimate of drug-likeness (QED) is 0.716. The summed E-state index contributed by atoms with van der Waals surface area (Å²) >= 11 is 0. The predicted octanol–water partition coefficient (Wildman–Crippen LogP) is 4.63. The van der Waals surface area contributed by atoms with E-state index in [1.54, 1.807) is 6.07 Å². The molecule has 0 aliphatic rings. The first-order valence-electron chi connectivity index (χ1n) is 7.12. The van der Waals surface area contributed by atoms with Crippen LogP contribution in [0.2, 0.25) is 0 Å². The van der Waals surface area contributed by atoms with Crippen LogP contribution in [-0.4, -0.2) is 11.6 Å². The van der Waals surface area contributed by atoms with Crippen molar-refractivity contribution in [2.75, 3.05) is 6.61 Å². The molecule has 106 valence electrons. The van der Waals surface area contributed by atoms with E-state index < -0.39 is 0 Å². The third-order valence-corrected chi connectivity index (χ3v) is 3.22. The number of halogens is 1. The van der Waals surface area contributed by atoms with Crippen molar-refractivity contribution in [3.8, 4) is 17.0 Å². The van der Waals surface area contributed by atoms with Crippen LogP contribution in [0, 0.1) is 5.82 Å². The minimum atomic E-state index is -0.333. The van der Waals surface area contributed by atoms with Crippen molar-refractivity contribution in [2.45, 2.75) is 33.1 Å². The van der Waals surface area contributed by atoms with Crippen LogP contribution in [0.25, 0.3) is 11.3 Å². The number of ether oxygens (including phenoxy) is 1. The average molecular weight is 273 g/mol. The largest absolute Gasteiger partial charge is 0.491 e. The lowest BCUT2D eigenvalue weighted by Crippen LogP contribution is -1.98. The van der Waals surface area contributed by atoms with Crippen LogP contribution in [0.4, 0.5) is 4.39 Å². The molecule has 2 rings (SSSR count). The van der Waals surface area contributed by atoms with Gasteiger partial charge in [0.25, 0.3) is 0 Å². The Kier molecular flexibility index (Phi) is 5.10. The molecule has 20 heavy (non-hydrogen) atoms. The lowest BCUT2D eigenvalue weighted by Gasteiger charge is -2.08. The summed E-state index contributed by atoms with van der Waals surface area (Å²) < 4.78 is 19.4. The number of hydrogen-bond acceptors (Lipinski definition) is 2. The van der Waals surface area contributed by atoms with E-state index in [4.69, 9.17) is 4.74 Å². The van der Waals surface area contributed by atoms with E-state index in [-0.39, 0.29) is 5.82 Å². The number of benzene rings is 1. The van der Waals surface area contributed by atoms with E-state index >= 15 is 0 Å². The molecule has 0 N–H and O–H groups in total. The monoisotopic (exact) mass is 273 g/mol. The van der Waals surface area contributed by atoms with Crippen molar-refractivity contribution in [1.29, 1.82) is 0 Å². The Balaban J connectivity index is 2.14. The standard InChI is InChI=1S/C17H20FNO/c1-3-5-10-20-17-9-7-14(11-15(17)18)16-8-6-13(4-2)12-19-16/h6-9,11-12H,3-5,10H2,1-2H3. The van der Waals surface area contributed by atoms with Gasteiger partial charge in [-0.2, -0.15) is 0 Å². The van der Waals surface area contributed by atoms with Gasteiger partial charge in [-0.15, -0.1) is 0 Å². The number of nitrogens with zero attached hydrogens (tertiary/aromatic N) is 1. The van der Waals surface area contributed by atoms with Crippen molar-refractivity contribution in [3.63, 3.8) is 0 Å². The first-order chi connectivity index (χ1) is 9.74. The van der Waals surface area contributed by atoms with E-state index in [0.29, 0.717) is 12.4 Å². The molecule has 0 bridgehead atoms. The Morgan fingerprint density at radius 2 is 2.00 bits per heavy atom. The fraction of sp³-hybridized carbons (Fsp3) is 0.353. The maximum Gasteiger partial charge on any atom is 0.165 e. The van der Waals surface area contributed by atoms with Crippen LogP contribution in [-0.2, 0) is 6.42 Å². The van der Waals surface area contributed by atoms with Crippen LogP contribution >= 0.6 is 0 Å². The van der Waals surface area contributed by atoms with E-state index in [0.717, 1.165) is 30.5 Å². The van der Waals surface area contributed by atoms with Crippen molar-refractivity contribution < 1.29 is 9.13 Å². The number of rotatable bonds is 6. The van der Waals surface area contributed by atoms with Crippen molar-refractivity contribution in [2.24, 2.45) is 0 Å². The van der Waals surface area contributed by atoms with Crippen LogP contribution in [0.5, 0.6) is 5.75 Å². The topological polar surface area (TPSA) is 22.1 Å². The lowest BCUT2D eigenvalue weighted by molar-refractivity contribution is 0.294. The first-order valence-corrected chi connectivity index (χ1v) is 7.12. The first kappa shape index (κ1) is 14.5. The number of pyridine rings is 1. The Morgan fingerprint density at radius 1 is 1.15 bits per heavy atom. The molecule has 1 heterocycles. The molecule has 0 unspecified atom stereocenters. The number of unbranched alkanes of at least 4 members (excludes halogenated alkanes) is 1. The molecular formula is C17H20FNO. The lowest BCUT2D eigenvalue weighted by atomic mass is 10.1. The summed E-state index contributed by atoms with van der Waals surface area (Å²) in [7, 11) is 0. The molecule has 3 heteroatoms. The minimum Gasteiger partial charge on any atom is -0.491 e. The van der Waals surface area contributed by atoms with Gasteiger partial charge in [-0.25, -0.2) is 4.39 Å². The van der Waals surface area contributed by atoms with Gasteiger partial charge in [0, 0.05) is 11.8 Å². The zero-order valence-corrected chi connectivity index (χ0v) is 12.0. The van der Waals surface area contributed by atoms with Gasteiger partial charge in [0.2, 0.25) is 0 Å². The van der Waals surface area contributed by atoms with Gasteiger partial charge in [0.1, 0.15) is 0 Å². The summed E-state index contributed by atoms with van der Waals surface area (Å²) in [5, 5.41) is 0. The maximum atomic E-state index is 14.0. The van der Waals surface area contributed by atoms with Crippen LogP contribution in [0.3, 0.4) is 0 Å². The second-order valence-electron chi connectivity index (χ2n) is 4.75. The molecule has 1 aromatic carbocycles. The van der Waals surface area contributed by atoms with E-state index in [9.17, 15) is 4.39 Å². The fourth-order valence-electron chi connectivity index (χ4n) is 1.91. The highest BCUT2D eigenvalue weighted by molar-refractivity contribution is 5.60. The van der Waals surface area contributed by atoms with Crippen LogP contribution in [0.1, 0.15) is 32.3 Å². The highest BCUT2D eigenvalue weighted by Gasteiger charge is 2.07. The van der Waals surface area contributed by atoms with Gasteiger partial charge in [-0.1, -0.05) is 26.3 Å². The molecule has 0 atom stereocenters. The molecule has 1 aromatic heterocycles. The van der Waals surface area contributed by atoms with Gasteiger partial charge in [0.05, 0.1) is 12.3 Å². The van der Waals surface area contributed by atoms with Gasteiger partial charge in [0.15, 0.2) is 11.6 Å². The minimum absolute atomic E-state index is 0.312. The summed E-state index contributed by atoms with van der Waals surface area (Å²) in [6, 6.07) is 8.94. The SMILES string of the molecule is CCCCOc1ccc(-c2ccc(CC)cn2)cc1F. The molecule has 0 radical (unpaired) electrons. The molecular weight excluding hydrogens is 253 g/mol. The second-order valence-corrected chi connectivity index (χ2v) is 4.75. The van der Waals surface area contributed by atoms with Gasteiger partial charge in [-0.3, -0.25) is 4.98 Å². The third kappa shape index (κ3) is 3.56.